The van der Waals surface area contributed by atoms with Crippen molar-refractivity contribution in [3.05, 3.63) is 62.1 Å². The van der Waals surface area contributed by atoms with E-state index in [1.54, 1.807) is 18.2 Å². The van der Waals surface area contributed by atoms with Gasteiger partial charge in [-0.2, -0.15) is 13.2 Å². The summed E-state index contributed by atoms with van der Waals surface area (Å²) in [5.74, 6) is 0. The van der Waals surface area contributed by atoms with Crippen LogP contribution >= 0.6 is 23.2 Å². The fraction of sp³-hybridized carbons (Fsp3) is 0.400. The van der Waals surface area contributed by atoms with E-state index in [1.807, 2.05) is 0 Å². The molecule has 0 aliphatic heterocycles. The van der Waals surface area contributed by atoms with Crippen LogP contribution in [0.5, 0.6) is 0 Å². The van der Waals surface area contributed by atoms with Crippen molar-refractivity contribution >= 4 is 34.4 Å². The summed E-state index contributed by atoms with van der Waals surface area (Å²) in [6.45, 7) is 0.0254. The molecule has 30 heavy (non-hydrogen) atoms. The Morgan fingerprint density at radius 1 is 1.10 bits per heavy atom. The van der Waals surface area contributed by atoms with Crippen molar-refractivity contribution in [2.45, 2.75) is 50.6 Å². The monoisotopic (exact) mass is 459 g/mol. The number of nitrogens with zero attached hydrogens (tertiary/aromatic N) is 3. The maximum Gasteiger partial charge on any atom is 0.417 e. The lowest BCUT2D eigenvalue weighted by molar-refractivity contribution is -0.137. The molecule has 1 aliphatic rings. The molecule has 0 amide bonds. The third kappa shape index (κ3) is 3.96. The van der Waals surface area contributed by atoms with E-state index in [0.29, 0.717) is 41.3 Å². The number of alkyl halides is 3. The number of fused-ring (bicyclic) bond motifs is 1. The summed E-state index contributed by atoms with van der Waals surface area (Å²) >= 11 is 12.0. The van der Waals surface area contributed by atoms with Crippen molar-refractivity contribution in [2.24, 2.45) is 0 Å². The van der Waals surface area contributed by atoms with Gasteiger partial charge in [0.25, 0.3) is 0 Å². The van der Waals surface area contributed by atoms with Crippen LogP contribution in [-0.2, 0) is 12.7 Å². The van der Waals surface area contributed by atoms with E-state index >= 15 is 0 Å². The Balaban J connectivity index is 1.87. The fourth-order valence-electron chi connectivity index (χ4n) is 3.93. The molecule has 160 valence electrons. The second-order valence-corrected chi connectivity index (χ2v) is 8.33. The Labute approximate surface area is 179 Å². The Bertz CT molecular complexity index is 1150. The molecule has 0 saturated heterocycles. The number of rotatable bonds is 3. The van der Waals surface area contributed by atoms with Crippen LogP contribution in [0, 0.1) is 0 Å². The van der Waals surface area contributed by atoms with Crippen LogP contribution in [-0.4, -0.2) is 25.3 Å². The van der Waals surface area contributed by atoms with Crippen LogP contribution in [0.2, 0.25) is 10.0 Å². The zero-order chi connectivity index (χ0) is 21.6. The molecule has 0 bridgehead atoms. The van der Waals surface area contributed by atoms with E-state index in [-0.39, 0.29) is 23.8 Å². The number of pyridine rings is 1. The fourth-order valence-corrected chi connectivity index (χ4v) is 4.25. The highest BCUT2D eigenvalue weighted by molar-refractivity contribution is 6.42. The zero-order valence-corrected chi connectivity index (χ0v) is 17.2. The number of benzene rings is 1. The third-order valence-corrected chi connectivity index (χ3v) is 6.23. The molecule has 2 heterocycles. The smallest absolute Gasteiger partial charge is 0.393 e. The first kappa shape index (κ1) is 21.2. The molecule has 5 nitrogen and oxygen atoms in total. The molecule has 4 rings (SSSR count). The summed E-state index contributed by atoms with van der Waals surface area (Å²) in [6.07, 6.45) is -2.10. The van der Waals surface area contributed by atoms with Gasteiger partial charge in [-0.15, -0.1) is 0 Å². The molecule has 1 aromatic carbocycles. The summed E-state index contributed by atoms with van der Waals surface area (Å²) in [6, 6.07) is 5.54. The third-order valence-electron chi connectivity index (χ3n) is 5.49. The molecule has 1 fully saturated rings. The normalized spacial score (nSPS) is 20.1. The maximum atomic E-state index is 13.3. The van der Waals surface area contributed by atoms with Crippen molar-refractivity contribution < 1.29 is 18.3 Å². The predicted molar refractivity (Wildman–Crippen MR) is 108 cm³/mol. The maximum absolute atomic E-state index is 13.3. The summed E-state index contributed by atoms with van der Waals surface area (Å²) in [5, 5.41) is 10.4. The van der Waals surface area contributed by atoms with Gasteiger partial charge in [0.2, 0.25) is 0 Å². The van der Waals surface area contributed by atoms with Gasteiger partial charge in [0.1, 0.15) is 0 Å². The lowest BCUT2D eigenvalue weighted by atomic mass is 9.93. The minimum atomic E-state index is -4.58. The number of imidazole rings is 1. The van der Waals surface area contributed by atoms with E-state index in [0.717, 1.165) is 12.3 Å². The van der Waals surface area contributed by atoms with Crippen LogP contribution in [0.25, 0.3) is 11.2 Å². The van der Waals surface area contributed by atoms with E-state index in [1.165, 1.54) is 9.13 Å². The Kier molecular flexibility index (Phi) is 5.59. The van der Waals surface area contributed by atoms with Crippen LogP contribution in [0.4, 0.5) is 13.2 Å². The number of hydrogen-bond donors (Lipinski definition) is 1. The molecule has 1 saturated carbocycles. The lowest BCUT2D eigenvalue weighted by Crippen LogP contribution is -2.31. The van der Waals surface area contributed by atoms with Gasteiger partial charge in [-0.25, -0.2) is 9.78 Å². The standard InChI is InChI=1S/C20H18Cl2F3N3O2/c21-15-6-1-11(7-16(15)22)10-27-17-8-12(20(23,24)25)9-26-18(17)28(19(27)30)13-2-4-14(29)5-3-13/h1,6-9,13-14,29H,2-5,10H2. The first-order chi connectivity index (χ1) is 14.1. The van der Waals surface area contributed by atoms with Crippen molar-refractivity contribution in [1.82, 2.24) is 14.1 Å². The highest BCUT2D eigenvalue weighted by Gasteiger charge is 2.33. The van der Waals surface area contributed by atoms with E-state index in [4.69, 9.17) is 23.2 Å². The minimum Gasteiger partial charge on any atom is -0.393 e. The molecule has 0 atom stereocenters. The molecule has 0 spiro atoms. The molecule has 0 radical (unpaired) electrons. The van der Waals surface area contributed by atoms with Crippen LogP contribution in [0.3, 0.4) is 0 Å². The molecular weight excluding hydrogens is 442 g/mol. The van der Waals surface area contributed by atoms with Gasteiger partial charge in [0, 0.05) is 12.2 Å². The SMILES string of the molecule is O=c1n(Cc2ccc(Cl)c(Cl)c2)c2cc(C(F)(F)F)cnc2n1C1CCC(O)CC1. The second kappa shape index (κ2) is 7.90. The topological polar surface area (TPSA) is 60.0 Å². The van der Waals surface area contributed by atoms with Gasteiger partial charge in [0.05, 0.1) is 33.8 Å². The molecule has 10 heteroatoms. The van der Waals surface area contributed by atoms with E-state index in [2.05, 4.69) is 4.98 Å². The van der Waals surface area contributed by atoms with Gasteiger partial charge in [-0.05, 0) is 49.4 Å². The van der Waals surface area contributed by atoms with Crippen LogP contribution in [0.1, 0.15) is 42.9 Å². The van der Waals surface area contributed by atoms with Crippen LogP contribution < -0.4 is 5.69 Å². The van der Waals surface area contributed by atoms with E-state index < -0.39 is 23.5 Å². The van der Waals surface area contributed by atoms with Crippen molar-refractivity contribution in [1.29, 1.82) is 0 Å². The number of aromatic nitrogens is 3. The van der Waals surface area contributed by atoms with Gasteiger partial charge < -0.3 is 5.11 Å². The summed E-state index contributed by atoms with van der Waals surface area (Å²) in [7, 11) is 0. The average molecular weight is 460 g/mol. The lowest BCUT2D eigenvalue weighted by Gasteiger charge is -2.26. The number of halogens is 5. The quantitative estimate of drug-likeness (QED) is 0.596. The Morgan fingerprint density at radius 3 is 2.43 bits per heavy atom. The summed E-state index contributed by atoms with van der Waals surface area (Å²) in [5.41, 5.74) is -0.429. The highest BCUT2D eigenvalue weighted by atomic mass is 35.5. The first-order valence-electron chi connectivity index (χ1n) is 9.45. The minimum absolute atomic E-state index is 0.0254. The molecule has 1 N–H and O–H groups in total. The van der Waals surface area contributed by atoms with E-state index in [9.17, 15) is 23.1 Å². The van der Waals surface area contributed by atoms with Gasteiger partial charge in [-0.3, -0.25) is 9.13 Å². The predicted octanol–water partition coefficient (Wildman–Crippen LogP) is 5.05. The van der Waals surface area contributed by atoms with Crippen molar-refractivity contribution in [3.8, 4) is 0 Å². The average Bonchev–Trinajstić information content (AvgIpc) is 2.96. The first-order valence-corrected chi connectivity index (χ1v) is 10.2. The van der Waals surface area contributed by atoms with Crippen molar-refractivity contribution in [2.75, 3.05) is 0 Å². The number of aliphatic hydroxyl groups excluding tert-OH is 1. The number of aliphatic hydroxyl groups is 1. The van der Waals surface area contributed by atoms with Gasteiger partial charge in [-0.1, -0.05) is 29.3 Å². The second-order valence-electron chi connectivity index (χ2n) is 7.51. The Morgan fingerprint density at radius 2 is 1.80 bits per heavy atom. The van der Waals surface area contributed by atoms with Gasteiger partial charge >= 0.3 is 11.9 Å². The molecule has 3 aromatic rings. The molecule has 2 aromatic heterocycles. The van der Waals surface area contributed by atoms with Gasteiger partial charge in [0.15, 0.2) is 5.65 Å². The highest BCUT2D eigenvalue weighted by Crippen LogP contribution is 2.33. The molecule has 0 unspecified atom stereocenters. The largest absolute Gasteiger partial charge is 0.417 e. The summed E-state index contributed by atoms with van der Waals surface area (Å²) < 4.78 is 42.6. The van der Waals surface area contributed by atoms with Crippen molar-refractivity contribution in [3.63, 3.8) is 0 Å². The molecule has 1 aliphatic carbocycles. The summed E-state index contributed by atoms with van der Waals surface area (Å²) in [4.78, 5) is 17.3. The van der Waals surface area contributed by atoms with Crippen LogP contribution in [0.15, 0.2) is 35.3 Å². The Hall–Kier alpha value is -2.03. The number of hydrogen-bond acceptors (Lipinski definition) is 3. The molecular formula is C20H18Cl2F3N3O2. The zero-order valence-electron chi connectivity index (χ0n) is 15.7.